The Balaban J connectivity index is 2.11. The molecule has 3 N–H and O–H groups in total. The van der Waals surface area contributed by atoms with Crippen LogP contribution in [0.25, 0.3) is 0 Å². The molecule has 2 unspecified atom stereocenters. The highest BCUT2D eigenvalue weighted by atomic mass is 16.5. The molecule has 1 aromatic carbocycles. The second kappa shape index (κ2) is 8.03. The van der Waals surface area contributed by atoms with Gasteiger partial charge in [0.05, 0.1) is 18.9 Å². The summed E-state index contributed by atoms with van der Waals surface area (Å²) in [7, 11) is 0. The van der Waals surface area contributed by atoms with Crippen LogP contribution in [0, 0.1) is 5.92 Å². The van der Waals surface area contributed by atoms with Crippen molar-refractivity contribution in [1.82, 2.24) is 0 Å². The fraction of sp³-hybridized carbons (Fsp3) is 0.588. The Morgan fingerprint density at radius 2 is 2.05 bits per heavy atom. The van der Waals surface area contributed by atoms with Gasteiger partial charge >= 0.3 is 0 Å². The van der Waals surface area contributed by atoms with E-state index in [1.807, 2.05) is 32.0 Å². The van der Waals surface area contributed by atoms with Crippen LogP contribution in [0.4, 0.5) is 5.69 Å². The summed E-state index contributed by atoms with van der Waals surface area (Å²) in [4.78, 5) is 12.5. The smallest absolute Gasteiger partial charge is 0.227 e. The number of hydrogen-bond acceptors (Lipinski definition) is 4. The summed E-state index contributed by atoms with van der Waals surface area (Å²) < 4.78 is 11.1. The summed E-state index contributed by atoms with van der Waals surface area (Å²) in [5, 5.41) is 2.98. The molecular formula is C17H26N2O3. The number of nitrogens with two attached hydrogens (primary N) is 1. The highest BCUT2D eigenvalue weighted by molar-refractivity contribution is 5.94. The van der Waals surface area contributed by atoms with E-state index in [1.54, 1.807) is 0 Å². The molecule has 5 heteroatoms. The fourth-order valence-corrected chi connectivity index (χ4v) is 2.85. The Morgan fingerprint density at radius 1 is 1.27 bits per heavy atom. The molecule has 1 aliphatic carbocycles. The Kier molecular flexibility index (Phi) is 6.07. The largest absolute Gasteiger partial charge is 0.494 e. The number of ether oxygens (including phenoxy) is 2. The van der Waals surface area contributed by atoms with E-state index in [2.05, 4.69) is 5.32 Å². The lowest BCUT2D eigenvalue weighted by Crippen LogP contribution is -2.34. The molecule has 0 bridgehead atoms. The Labute approximate surface area is 132 Å². The van der Waals surface area contributed by atoms with Gasteiger partial charge in [-0.1, -0.05) is 6.42 Å². The molecule has 1 amide bonds. The lowest BCUT2D eigenvalue weighted by Gasteiger charge is -2.26. The van der Waals surface area contributed by atoms with E-state index in [1.165, 1.54) is 0 Å². The van der Waals surface area contributed by atoms with Gasteiger partial charge in [0.2, 0.25) is 5.91 Å². The summed E-state index contributed by atoms with van der Waals surface area (Å²) in [5.41, 5.74) is 6.64. The van der Waals surface area contributed by atoms with Crippen LogP contribution in [-0.4, -0.2) is 25.2 Å². The van der Waals surface area contributed by atoms with Crippen molar-refractivity contribution >= 4 is 11.6 Å². The van der Waals surface area contributed by atoms with Crippen LogP contribution in [0.2, 0.25) is 0 Å². The van der Waals surface area contributed by atoms with Crippen LogP contribution in [0.1, 0.15) is 39.5 Å². The molecule has 0 spiro atoms. The number of anilines is 1. The van der Waals surface area contributed by atoms with Gasteiger partial charge in [-0.15, -0.1) is 0 Å². The van der Waals surface area contributed by atoms with Gasteiger partial charge in [0.15, 0.2) is 0 Å². The number of carbonyl (C=O) groups is 1. The maximum absolute atomic E-state index is 12.5. The second-order valence-electron chi connectivity index (χ2n) is 5.64. The van der Waals surface area contributed by atoms with Crippen molar-refractivity contribution in [3.63, 3.8) is 0 Å². The number of amides is 1. The summed E-state index contributed by atoms with van der Waals surface area (Å²) >= 11 is 0. The zero-order valence-electron chi connectivity index (χ0n) is 13.4. The van der Waals surface area contributed by atoms with Crippen LogP contribution in [0.3, 0.4) is 0 Å². The highest BCUT2D eigenvalue weighted by Crippen LogP contribution is 2.31. The average molecular weight is 306 g/mol. The molecule has 1 aliphatic rings. The van der Waals surface area contributed by atoms with E-state index in [0.29, 0.717) is 24.7 Å². The van der Waals surface area contributed by atoms with Gasteiger partial charge in [0, 0.05) is 18.0 Å². The van der Waals surface area contributed by atoms with Gasteiger partial charge in [0.25, 0.3) is 0 Å². The molecule has 0 aliphatic heterocycles. The maximum Gasteiger partial charge on any atom is 0.227 e. The third kappa shape index (κ3) is 4.37. The lowest BCUT2D eigenvalue weighted by molar-refractivity contribution is -0.120. The van der Waals surface area contributed by atoms with E-state index in [4.69, 9.17) is 15.2 Å². The third-order valence-corrected chi connectivity index (χ3v) is 3.91. The van der Waals surface area contributed by atoms with Gasteiger partial charge in [-0.3, -0.25) is 4.79 Å². The first kappa shape index (κ1) is 16.6. The summed E-state index contributed by atoms with van der Waals surface area (Å²) in [6.45, 7) is 4.98. The topological polar surface area (TPSA) is 73.6 Å². The standard InChI is InChI=1S/C17H26N2O3/c1-3-21-14-8-9-16(22-4-2)15(11-14)19-17(20)12-6-5-7-13(18)10-12/h8-9,11-13H,3-7,10,18H2,1-2H3,(H,19,20). The van der Waals surface area contributed by atoms with Crippen LogP contribution in [0.5, 0.6) is 11.5 Å². The van der Waals surface area contributed by atoms with Crippen LogP contribution >= 0.6 is 0 Å². The SMILES string of the molecule is CCOc1ccc(OCC)c(NC(=O)C2CCCC(N)C2)c1. The van der Waals surface area contributed by atoms with E-state index in [9.17, 15) is 4.79 Å². The molecule has 5 nitrogen and oxygen atoms in total. The molecule has 0 heterocycles. The molecule has 122 valence electrons. The minimum absolute atomic E-state index is 0.0183. The molecule has 1 aromatic rings. The fourth-order valence-electron chi connectivity index (χ4n) is 2.85. The van der Waals surface area contributed by atoms with Gasteiger partial charge in [0.1, 0.15) is 11.5 Å². The molecular weight excluding hydrogens is 280 g/mol. The van der Waals surface area contributed by atoms with Crippen molar-refractivity contribution < 1.29 is 14.3 Å². The van der Waals surface area contributed by atoms with Crippen molar-refractivity contribution in [3.05, 3.63) is 18.2 Å². The van der Waals surface area contributed by atoms with Gasteiger partial charge < -0.3 is 20.5 Å². The second-order valence-corrected chi connectivity index (χ2v) is 5.64. The molecule has 22 heavy (non-hydrogen) atoms. The first-order valence-electron chi connectivity index (χ1n) is 8.10. The van der Waals surface area contributed by atoms with Gasteiger partial charge in [-0.05, 0) is 45.2 Å². The zero-order chi connectivity index (χ0) is 15.9. The number of nitrogens with one attached hydrogen (secondary N) is 1. The Morgan fingerprint density at radius 3 is 2.73 bits per heavy atom. The Bertz CT molecular complexity index is 505. The van der Waals surface area contributed by atoms with E-state index in [-0.39, 0.29) is 17.9 Å². The maximum atomic E-state index is 12.5. The molecule has 1 fully saturated rings. The van der Waals surface area contributed by atoms with E-state index >= 15 is 0 Å². The summed E-state index contributed by atoms with van der Waals surface area (Å²) in [6.07, 6.45) is 3.67. The van der Waals surface area contributed by atoms with Crippen LogP contribution in [0.15, 0.2) is 18.2 Å². The van der Waals surface area contributed by atoms with E-state index in [0.717, 1.165) is 31.4 Å². The zero-order valence-corrected chi connectivity index (χ0v) is 13.4. The summed E-state index contributed by atoms with van der Waals surface area (Å²) in [5.74, 6) is 1.39. The molecule has 0 radical (unpaired) electrons. The number of carbonyl (C=O) groups excluding carboxylic acids is 1. The minimum Gasteiger partial charge on any atom is -0.494 e. The van der Waals surface area contributed by atoms with Crippen molar-refractivity contribution in [2.75, 3.05) is 18.5 Å². The summed E-state index contributed by atoms with van der Waals surface area (Å²) in [6, 6.07) is 5.62. The Hall–Kier alpha value is -1.75. The predicted octanol–water partition coefficient (Wildman–Crippen LogP) is 2.94. The van der Waals surface area contributed by atoms with Crippen LogP contribution < -0.4 is 20.5 Å². The lowest BCUT2D eigenvalue weighted by atomic mass is 9.85. The van der Waals surface area contributed by atoms with Gasteiger partial charge in [-0.2, -0.15) is 0 Å². The molecule has 1 saturated carbocycles. The highest BCUT2D eigenvalue weighted by Gasteiger charge is 2.26. The van der Waals surface area contributed by atoms with Crippen molar-refractivity contribution in [1.29, 1.82) is 0 Å². The van der Waals surface area contributed by atoms with Gasteiger partial charge in [-0.25, -0.2) is 0 Å². The van der Waals surface area contributed by atoms with Crippen molar-refractivity contribution in [2.45, 2.75) is 45.6 Å². The normalized spacial score (nSPS) is 21.2. The molecule has 0 saturated heterocycles. The first-order valence-corrected chi connectivity index (χ1v) is 8.10. The van der Waals surface area contributed by atoms with Crippen molar-refractivity contribution in [2.24, 2.45) is 11.7 Å². The number of benzene rings is 1. The molecule has 2 rings (SSSR count). The number of hydrogen-bond donors (Lipinski definition) is 2. The monoisotopic (exact) mass is 306 g/mol. The molecule has 2 atom stereocenters. The predicted molar refractivity (Wildman–Crippen MR) is 87.3 cm³/mol. The third-order valence-electron chi connectivity index (χ3n) is 3.91. The van der Waals surface area contributed by atoms with Crippen molar-refractivity contribution in [3.8, 4) is 11.5 Å². The van der Waals surface area contributed by atoms with E-state index < -0.39 is 0 Å². The average Bonchev–Trinajstić information content (AvgIpc) is 2.50. The first-order chi connectivity index (χ1) is 10.6. The quantitative estimate of drug-likeness (QED) is 0.847. The van der Waals surface area contributed by atoms with Crippen LogP contribution in [-0.2, 0) is 4.79 Å². The minimum atomic E-state index is -0.0195. The number of rotatable bonds is 6. The molecule has 0 aromatic heterocycles.